The molecule has 0 N–H and O–H groups in total. The second-order valence-electron chi connectivity index (χ2n) is 9.58. The molecule has 1 fully saturated rings. The Bertz CT molecular complexity index is 1170. The summed E-state index contributed by atoms with van der Waals surface area (Å²) in [5, 5.41) is 0. The van der Waals surface area contributed by atoms with E-state index < -0.39 is 42.5 Å². The summed E-state index contributed by atoms with van der Waals surface area (Å²) in [5.41, 5.74) is 2.90. The van der Waals surface area contributed by atoms with Crippen LogP contribution in [-0.4, -0.2) is 56.2 Å². The fourth-order valence-corrected chi connectivity index (χ4v) is 4.63. The molecule has 0 bridgehead atoms. The quantitative estimate of drug-likeness (QED) is 0.286. The van der Waals surface area contributed by atoms with Crippen LogP contribution in [0.4, 0.5) is 0 Å². The van der Waals surface area contributed by atoms with Crippen molar-refractivity contribution < 1.29 is 38.0 Å². The Morgan fingerprint density at radius 3 is 1.50 bits per heavy atom. The minimum atomic E-state index is -0.728. The molecule has 1 saturated heterocycles. The van der Waals surface area contributed by atoms with Gasteiger partial charge in [0.05, 0.1) is 39.5 Å². The molecule has 8 nitrogen and oxygen atoms in total. The van der Waals surface area contributed by atoms with E-state index in [0.717, 1.165) is 16.7 Å². The lowest BCUT2D eigenvalue weighted by molar-refractivity contribution is -0.271. The van der Waals surface area contributed by atoms with E-state index in [9.17, 15) is 9.59 Å². The molecule has 4 rings (SSSR count). The van der Waals surface area contributed by atoms with Gasteiger partial charge in [0.2, 0.25) is 0 Å². The zero-order chi connectivity index (χ0) is 28.2. The zero-order valence-electron chi connectivity index (χ0n) is 22.8. The number of esters is 2. The zero-order valence-corrected chi connectivity index (χ0v) is 22.8. The Hall–Kier alpha value is -3.56. The lowest BCUT2D eigenvalue weighted by atomic mass is 9.92. The number of benzene rings is 3. The molecule has 8 heteroatoms. The van der Waals surface area contributed by atoms with Crippen LogP contribution in [0, 0.1) is 0 Å². The molecule has 0 saturated carbocycles. The van der Waals surface area contributed by atoms with E-state index in [4.69, 9.17) is 28.4 Å². The Morgan fingerprint density at radius 2 is 1.07 bits per heavy atom. The van der Waals surface area contributed by atoms with Crippen LogP contribution < -0.4 is 0 Å². The molecule has 1 heterocycles. The number of hydrogen-bond donors (Lipinski definition) is 0. The van der Waals surface area contributed by atoms with E-state index in [1.165, 1.54) is 14.0 Å². The molecule has 0 spiro atoms. The summed E-state index contributed by atoms with van der Waals surface area (Å²) < 4.78 is 36.1. The number of methoxy groups -OCH3 is 1. The largest absolute Gasteiger partial charge is 0.469 e. The number of carbonyl (C=O) groups excluding carboxylic acids is 2. The first-order valence-electron chi connectivity index (χ1n) is 13.4. The van der Waals surface area contributed by atoms with Crippen LogP contribution in [0.3, 0.4) is 0 Å². The summed E-state index contributed by atoms with van der Waals surface area (Å²) in [6.45, 7) is 2.11. The Labute approximate surface area is 235 Å². The van der Waals surface area contributed by atoms with Crippen molar-refractivity contribution >= 4 is 11.9 Å². The highest BCUT2D eigenvalue weighted by Crippen LogP contribution is 2.32. The van der Waals surface area contributed by atoms with Gasteiger partial charge in [-0.25, -0.2) is 0 Å². The van der Waals surface area contributed by atoms with Crippen molar-refractivity contribution in [3.05, 3.63) is 108 Å². The van der Waals surface area contributed by atoms with Crippen molar-refractivity contribution in [3.63, 3.8) is 0 Å². The van der Waals surface area contributed by atoms with Crippen molar-refractivity contribution in [3.8, 4) is 0 Å². The Balaban J connectivity index is 1.65. The van der Waals surface area contributed by atoms with E-state index in [2.05, 4.69) is 0 Å². The molecule has 0 aromatic heterocycles. The summed E-state index contributed by atoms with van der Waals surface area (Å²) >= 11 is 0. The number of hydrogen-bond acceptors (Lipinski definition) is 8. The van der Waals surface area contributed by atoms with Gasteiger partial charge in [-0.05, 0) is 16.7 Å². The lowest BCUT2D eigenvalue weighted by Crippen LogP contribution is -2.61. The van der Waals surface area contributed by atoms with Gasteiger partial charge in [0.25, 0.3) is 0 Å². The molecule has 0 aliphatic carbocycles. The summed E-state index contributed by atoms with van der Waals surface area (Å²) in [6.07, 6.45) is -3.51. The number of ether oxygens (including phenoxy) is 6. The predicted molar refractivity (Wildman–Crippen MR) is 147 cm³/mol. The maximum absolute atomic E-state index is 12.4. The molecule has 3 aromatic carbocycles. The Kier molecular flexibility index (Phi) is 11.2. The van der Waals surface area contributed by atoms with Crippen LogP contribution in [0.5, 0.6) is 0 Å². The van der Waals surface area contributed by atoms with Crippen LogP contribution in [0.2, 0.25) is 0 Å². The summed E-state index contributed by atoms with van der Waals surface area (Å²) in [7, 11) is 1.33. The second-order valence-corrected chi connectivity index (χ2v) is 9.58. The van der Waals surface area contributed by atoms with Gasteiger partial charge < -0.3 is 28.4 Å². The first-order valence-corrected chi connectivity index (χ1v) is 13.4. The van der Waals surface area contributed by atoms with Crippen molar-refractivity contribution in [1.29, 1.82) is 0 Å². The SMILES string of the molecule is COC(=O)CC1O[C@H](COC(C)=O)[C@@H](OCc2ccccc2)[C@H](OCc2ccccc2)[C@H]1OCc1ccccc1. The molecule has 212 valence electrons. The molecular formula is C32H36O8. The van der Waals surface area contributed by atoms with E-state index >= 15 is 0 Å². The smallest absolute Gasteiger partial charge is 0.308 e. The van der Waals surface area contributed by atoms with Crippen molar-refractivity contribution in [2.75, 3.05) is 13.7 Å². The molecule has 1 unspecified atom stereocenters. The van der Waals surface area contributed by atoms with Gasteiger partial charge in [-0.1, -0.05) is 91.0 Å². The molecule has 0 radical (unpaired) electrons. The third-order valence-electron chi connectivity index (χ3n) is 6.63. The number of carbonyl (C=O) groups is 2. The standard InChI is InChI=1S/C32H36O8/c1-23(33)36-22-28-31(38-20-25-14-8-4-9-15-25)32(39-21-26-16-10-5-11-17-26)30(27(40-28)18-29(34)35-2)37-19-24-12-6-3-7-13-24/h3-17,27-28,30-32H,18-22H2,1-2H3/t27?,28-,30+,31-,32-/m1/s1. The van der Waals surface area contributed by atoms with Crippen LogP contribution in [0.25, 0.3) is 0 Å². The minimum absolute atomic E-state index is 0.0663. The van der Waals surface area contributed by atoms with Gasteiger partial charge in [0.15, 0.2) is 0 Å². The monoisotopic (exact) mass is 548 g/mol. The van der Waals surface area contributed by atoms with E-state index in [1.807, 2.05) is 91.0 Å². The van der Waals surface area contributed by atoms with E-state index in [1.54, 1.807) is 0 Å². The highest BCUT2D eigenvalue weighted by atomic mass is 16.6. The summed E-state index contributed by atoms with van der Waals surface area (Å²) in [5.74, 6) is -0.894. The van der Waals surface area contributed by atoms with Crippen LogP contribution in [0.15, 0.2) is 91.0 Å². The first kappa shape index (κ1) is 29.4. The third-order valence-corrected chi connectivity index (χ3v) is 6.63. The molecule has 3 aromatic rings. The van der Waals surface area contributed by atoms with Crippen molar-refractivity contribution in [2.45, 2.75) is 63.7 Å². The molecule has 0 amide bonds. The maximum Gasteiger partial charge on any atom is 0.308 e. The fraction of sp³-hybridized carbons (Fsp3) is 0.375. The predicted octanol–water partition coefficient (Wildman–Crippen LogP) is 4.64. The van der Waals surface area contributed by atoms with Gasteiger partial charge in [-0.2, -0.15) is 0 Å². The van der Waals surface area contributed by atoms with Crippen LogP contribution in [0.1, 0.15) is 30.0 Å². The lowest BCUT2D eigenvalue weighted by Gasteiger charge is -2.46. The highest BCUT2D eigenvalue weighted by Gasteiger charge is 2.49. The topological polar surface area (TPSA) is 89.5 Å². The molecule has 1 aliphatic rings. The van der Waals surface area contributed by atoms with Crippen molar-refractivity contribution in [1.82, 2.24) is 0 Å². The van der Waals surface area contributed by atoms with Crippen LogP contribution in [-0.2, 0) is 57.8 Å². The van der Waals surface area contributed by atoms with E-state index in [0.29, 0.717) is 0 Å². The number of rotatable bonds is 13. The second kappa shape index (κ2) is 15.3. The van der Waals surface area contributed by atoms with Gasteiger partial charge in [-0.15, -0.1) is 0 Å². The molecule has 1 aliphatic heterocycles. The van der Waals surface area contributed by atoms with Gasteiger partial charge in [-0.3, -0.25) is 9.59 Å². The minimum Gasteiger partial charge on any atom is -0.469 e. The van der Waals surface area contributed by atoms with Gasteiger partial charge in [0.1, 0.15) is 31.0 Å². The highest BCUT2D eigenvalue weighted by molar-refractivity contribution is 5.70. The first-order chi connectivity index (χ1) is 19.5. The van der Waals surface area contributed by atoms with Crippen LogP contribution >= 0.6 is 0 Å². The van der Waals surface area contributed by atoms with Crippen molar-refractivity contribution in [2.24, 2.45) is 0 Å². The Morgan fingerprint density at radius 1 is 0.650 bits per heavy atom. The maximum atomic E-state index is 12.4. The van der Waals surface area contributed by atoms with Gasteiger partial charge in [0, 0.05) is 6.92 Å². The van der Waals surface area contributed by atoms with Gasteiger partial charge >= 0.3 is 11.9 Å². The molecule has 40 heavy (non-hydrogen) atoms. The fourth-order valence-electron chi connectivity index (χ4n) is 4.63. The third kappa shape index (κ3) is 8.72. The summed E-state index contributed by atoms with van der Waals surface area (Å²) in [4.78, 5) is 24.2. The molecular weight excluding hydrogens is 512 g/mol. The normalized spacial score (nSPS) is 22.4. The average Bonchev–Trinajstić information content (AvgIpc) is 2.99. The average molecular weight is 549 g/mol. The summed E-state index contributed by atoms with van der Waals surface area (Å²) in [6, 6.07) is 29.3. The molecule has 5 atom stereocenters. The van der Waals surface area contributed by atoms with E-state index in [-0.39, 0.29) is 32.8 Å².